The van der Waals surface area contributed by atoms with Crippen molar-refractivity contribution in [2.45, 2.75) is 200 Å². The van der Waals surface area contributed by atoms with E-state index in [9.17, 15) is 33.8 Å². The zero-order chi connectivity index (χ0) is 47.6. The molecule has 0 radical (unpaired) electrons. The molecule has 0 rings (SSSR count). The fourth-order valence-corrected chi connectivity index (χ4v) is 7.48. The van der Waals surface area contributed by atoms with Gasteiger partial charge in [0.25, 0.3) is 0 Å². The highest BCUT2D eigenvalue weighted by Gasteiger charge is 2.28. The molecule has 4 atom stereocenters. The van der Waals surface area contributed by atoms with Gasteiger partial charge in [0.1, 0.15) is 12.7 Å². The smallest absolute Gasteiger partial charge is 0.462 e. The van der Waals surface area contributed by atoms with Crippen LogP contribution >= 0.6 is 15.6 Å². The molecule has 0 amide bonds. The third-order valence-corrected chi connectivity index (χ3v) is 11.4. The van der Waals surface area contributed by atoms with Crippen LogP contribution in [0.15, 0.2) is 60.8 Å². The Labute approximate surface area is 385 Å². The largest absolute Gasteiger partial charge is 0.472 e. The molecule has 0 aliphatic carbocycles. The Morgan fingerprint density at radius 3 is 1.53 bits per heavy atom. The number of carbonyl (C=O) groups is 2. The maximum Gasteiger partial charge on any atom is 0.472 e. The highest BCUT2D eigenvalue weighted by molar-refractivity contribution is 7.47. The summed E-state index contributed by atoms with van der Waals surface area (Å²) in [5.41, 5.74) is 0. The van der Waals surface area contributed by atoms with Gasteiger partial charge in [0.05, 0.1) is 25.9 Å². The van der Waals surface area contributed by atoms with Crippen LogP contribution in [0.2, 0.25) is 0 Å². The quantitative estimate of drug-likeness (QED) is 0.0126. The lowest BCUT2D eigenvalue weighted by molar-refractivity contribution is -0.161. The van der Waals surface area contributed by atoms with Crippen molar-refractivity contribution in [1.82, 2.24) is 0 Å². The van der Waals surface area contributed by atoms with Crippen molar-refractivity contribution in [3.05, 3.63) is 60.8 Å². The van der Waals surface area contributed by atoms with E-state index in [4.69, 9.17) is 23.8 Å². The normalized spacial score (nSPS) is 15.0. The predicted molar refractivity (Wildman–Crippen MR) is 254 cm³/mol. The van der Waals surface area contributed by atoms with Crippen molar-refractivity contribution < 1.29 is 66.7 Å². The van der Waals surface area contributed by atoms with E-state index in [1.165, 1.54) is 77.0 Å². The maximum absolute atomic E-state index is 12.7. The molecule has 2 unspecified atom stereocenters. The van der Waals surface area contributed by atoms with Gasteiger partial charge < -0.3 is 34.4 Å². The maximum atomic E-state index is 12.7. The Bertz CT molecular complexity index is 1390. The molecule has 14 nitrogen and oxygen atoms in total. The first-order valence-electron chi connectivity index (χ1n) is 23.9. The van der Waals surface area contributed by atoms with Gasteiger partial charge in [-0.2, -0.15) is 0 Å². The number of hydrogen-bond acceptors (Lipinski definition) is 11. The Hall–Kier alpha value is -2.22. The van der Waals surface area contributed by atoms with Crippen LogP contribution in [0.3, 0.4) is 0 Å². The molecule has 0 aromatic rings. The average molecular weight is 949 g/mol. The van der Waals surface area contributed by atoms with Crippen LogP contribution in [-0.4, -0.2) is 81.6 Å². The second-order valence-electron chi connectivity index (χ2n) is 16.7. The van der Waals surface area contributed by atoms with Crippen molar-refractivity contribution in [3.8, 4) is 0 Å². The predicted octanol–water partition coefficient (Wildman–Crippen LogP) is 11.6. The van der Waals surface area contributed by atoms with E-state index in [0.29, 0.717) is 19.3 Å². The van der Waals surface area contributed by atoms with Crippen molar-refractivity contribution in [3.63, 3.8) is 0 Å². The molecule has 0 bridgehead atoms. The number of ether oxygens (including phenoxy) is 2. The van der Waals surface area contributed by atoms with Crippen molar-refractivity contribution in [2.75, 3.05) is 26.4 Å². The molecule has 0 fully saturated rings. The van der Waals surface area contributed by atoms with Gasteiger partial charge in [-0.3, -0.25) is 23.2 Å². The lowest BCUT2D eigenvalue weighted by atomic mass is 10.0. The average Bonchev–Trinajstić information content (AvgIpc) is 3.24. The number of aliphatic hydroxyl groups is 2. The summed E-state index contributed by atoms with van der Waals surface area (Å²) in [4.78, 5) is 52.9. The number of unbranched alkanes of at least 4 members (excludes halogenated alkanes) is 15. The van der Waals surface area contributed by atoms with E-state index < -0.39 is 72.3 Å². The van der Waals surface area contributed by atoms with E-state index in [1.54, 1.807) is 12.2 Å². The summed E-state index contributed by atoms with van der Waals surface area (Å²) in [5, 5.41) is 20.0. The van der Waals surface area contributed by atoms with Gasteiger partial charge in [0, 0.05) is 12.8 Å². The molecule has 0 aliphatic heterocycles. The van der Waals surface area contributed by atoms with Crippen LogP contribution in [0.5, 0.6) is 0 Å². The lowest BCUT2D eigenvalue weighted by Crippen LogP contribution is -2.30. The van der Waals surface area contributed by atoms with Gasteiger partial charge in [-0.1, -0.05) is 184 Å². The van der Waals surface area contributed by atoms with Gasteiger partial charge in [-0.25, -0.2) is 9.13 Å². The van der Waals surface area contributed by atoms with Gasteiger partial charge >= 0.3 is 27.6 Å². The first-order chi connectivity index (χ1) is 30.6. The van der Waals surface area contributed by atoms with Crippen LogP contribution in [0.1, 0.15) is 181 Å². The summed E-state index contributed by atoms with van der Waals surface area (Å²) in [5.74, 6) is -0.420. The molecule has 5 N–H and O–H groups in total. The molecule has 0 spiro atoms. The molecule has 0 saturated heterocycles. The summed E-state index contributed by atoms with van der Waals surface area (Å²) < 4.78 is 47.8. The first-order valence-corrected chi connectivity index (χ1v) is 27.0. The fourth-order valence-electron chi connectivity index (χ4n) is 6.33. The number of esters is 2. The highest BCUT2D eigenvalue weighted by Crippen LogP contribution is 2.43. The van der Waals surface area contributed by atoms with E-state index in [1.807, 2.05) is 12.2 Å². The monoisotopic (exact) mass is 949 g/mol. The van der Waals surface area contributed by atoms with Gasteiger partial charge in [0.2, 0.25) is 0 Å². The number of aliphatic hydroxyl groups excluding tert-OH is 2. The number of phosphoric acid groups is 2. The second kappa shape index (κ2) is 42.2. The minimum atomic E-state index is -4.89. The van der Waals surface area contributed by atoms with Crippen LogP contribution < -0.4 is 0 Å². The molecule has 0 aromatic heterocycles. The Balaban J connectivity index is 4.61. The SMILES string of the molecule is CC/C=C\C/C=C\C/C=C\C/C=C\C=C\C(O)CCCC(=O)OC[C@H](COP(=O)(O)OC[C@@H](O)COP(=O)(O)O)OC(=O)CCCCCCCCCCCCCCCCCCC(C)C. The van der Waals surface area contributed by atoms with Crippen LogP contribution in [-0.2, 0) is 41.8 Å². The molecule has 0 heterocycles. The van der Waals surface area contributed by atoms with Crippen molar-refractivity contribution >= 4 is 27.6 Å². The molecule has 64 heavy (non-hydrogen) atoms. The standard InChI is InChI=1S/C48H86O14P2/c1-4-5-6-7-8-9-10-15-19-22-25-28-31-35-44(49)36-33-38-47(51)58-41-46(42-61-64(56,57)60-40-45(50)39-59-63(53,54)55)62-48(52)37-32-29-26-23-20-17-14-12-11-13-16-18-21-24-27-30-34-43(2)3/h5-6,8-9,15,19,25,28,31,35,43-46,49-50H,4,7,10-14,16-18,20-24,26-27,29-30,32-34,36-42H2,1-3H3,(H,56,57)(H2,53,54,55)/b6-5-,9-8-,19-15-,28-25-,35-31+/t44?,45-,46+/m0/s1. The number of carbonyl (C=O) groups excluding carboxylic acids is 2. The zero-order valence-corrected chi connectivity index (χ0v) is 41.2. The van der Waals surface area contributed by atoms with Crippen molar-refractivity contribution in [1.29, 1.82) is 0 Å². The summed E-state index contributed by atoms with van der Waals surface area (Å²) in [6.45, 7) is 3.78. The topological polar surface area (TPSA) is 216 Å². The van der Waals surface area contributed by atoms with Gasteiger partial charge in [0.15, 0.2) is 6.10 Å². The zero-order valence-electron chi connectivity index (χ0n) is 39.4. The number of rotatable bonds is 44. The van der Waals surface area contributed by atoms with Crippen LogP contribution in [0.25, 0.3) is 0 Å². The molecular weight excluding hydrogens is 862 g/mol. The minimum absolute atomic E-state index is 0.0363. The molecular formula is C48H86O14P2. The van der Waals surface area contributed by atoms with E-state index in [-0.39, 0.29) is 12.8 Å². The summed E-state index contributed by atoms with van der Waals surface area (Å²) in [7, 11) is -9.74. The highest BCUT2D eigenvalue weighted by atomic mass is 31.2. The molecule has 0 aliphatic rings. The van der Waals surface area contributed by atoms with E-state index >= 15 is 0 Å². The van der Waals surface area contributed by atoms with Crippen LogP contribution in [0.4, 0.5) is 0 Å². The Morgan fingerprint density at radius 1 is 0.531 bits per heavy atom. The number of hydrogen-bond donors (Lipinski definition) is 5. The second-order valence-corrected chi connectivity index (χ2v) is 19.4. The first kappa shape index (κ1) is 61.8. The number of allylic oxidation sites excluding steroid dienone is 9. The van der Waals surface area contributed by atoms with E-state index in [0.717, 1.165) is 57.3 Å². The summed E-state index contributed by atoms with van der Waals surface area (Å²) >= 11 is 0. The lowest BCUT2D eigenvalue weighted by Gasteiger charge is -2.20. The molecule has 0 aromatic carbocycles. The number of phosphoric ester groups is 2. The third kappa shape index (κ3) is 46.3. The third-order valence-electron chi connectivity index (χ3n) is 9.94. The van der Waals surface area contributed by atoms with E-state index in [2.05, 4.69) is 66.3 Å². The van der Waals surface area contributed by atoms with Crippen LogP contribution in [0, 0.1) is 5.92 Å². The van der Waals surface area contributed by atoms with Crippen molar-refractivity contribution in [2.24, 2.45) is 5.92 Å². The fraction of sp³-hybridized carbons (Fsp3) is 0.750. The van der Waals surface area contributed by atoms with Gasteiger partial charge in [-0.15, -0.1) is 0 Å². The molecule has 16 heteroatoms. The molecule has 372 valence electrons. The summed E-state index contributed by atoms with van der Waals surface area (Å²) in [6, 6.07) is 0. The minimum Gasteiger partial charge on any atom is -0.462 e. The Morgan fingerprint density at radius 2 is 1.00 bits per heavy atom. The van der Waals surface area contributed by atoms with Gasteiger partial charge in [-0.05, 0) is 50.9 Å². The molecule has 0 saturated carbocycles. The Kier molecular flexibility index (Phi) is 40.7. The summed E-state index contributed by atoms with van der Waals surface area (Å²) in [6.07, 6.45) is 41.0.